The highest BCUT2D eigenvalue weighted by atomic mass is 35.5. The van der Waals surface area contributed by atoms with Crippen LogP contribution in [-0.4, -0.2) is 43.1 Å². The predicted octanol–water partition coefficient (Wildman–Crippen LogP) is 6.27. The maximum atomic E-state index is 11.5. The molecule has 0 spiro atoms. The molecule has 0 saturated heterocycles. The summed E-state index contributed by atoms with van der Waals surface area (Å²) in [5, 5.41) is 0. The fourth-order valence-corrected chi connectivity index (χ4v) is 1.26. The maximum absolute atomic E-state index is 11.5. The molecule has 0 aliphatic carbocycles. The lowest BCUT2D eigenvalue weighted by Gasteiger charge is -2.22. The van der Waals surface area contributed by atoms with Gasteiger partial charge < -0.3 is 14.2 Å². The molecule has 6 nitrogen and oxygen atoms in total. The number of rotatable bonds is 5. The van der Waals surface area contributed by atoms with Gasteiger partial charge in [0.25, 0.3) is 0 Å². The van der Waals surface area contributed by atoms with Crippen LogP contribution >= 0.6 is 12.4 Å². The molecule has 0 amide bonds. The van der Waals surface area contributed by atoms with Crippen molar-refractivity contribution in [3.8, 4) is 0 Å². The van der Waals surface area contributed by atoms with E-state index in [0.29, 0.717) is 0 Å². The molecule has 0 aromatic heterocycles. The number of carbonyl (C=O) groups is 3. The minimum Gasteiger partial charge on any atom is -0.469 e. The molecule has 0 aromatic rings. The van der Waals surface area contributed by atoms with Crippen molar-refractivity contribution in [3.05, 3.63) is 0 Å². The summed E-state index contributed by atoms with van der Waals surface area (Å²) in [6, 6.07) is 0. The van der Waals surface area contributed by atoms with Crippen LogP contribution in [0, 0.1) is 17.8 Å². The lowest BCUT2D eigenvalue weighted by molar-refractivity contribution is -0.160. The van der Waals surface area contributed by atoms with E-state index in [-0.39, 0.29) is 59.9 Å². The Kier molecular flexibility index (Phi) is 26.9. The first-order valence-corrected chi connectivity index (χ1v) is 10.8. The number of ether oxygens (including phenoxy) is 3. The van der Waals surface area contributed by atoms with Crippen molar-refractivity contribution in [3.63, 3.8) is 0 Å². The Morgan fingerprint density at radius 3 is 1.23 bits per heavy atom. The Balaban J connectivity index is -0.000000118. The summed E-state index contributed by atoms with van der Waals surface area (Å²) < 4.78 is 14.5. The Morgan fingerprint density at radius 1 is 0.710 bits per heavy atom. The summed E-state index contributed by atoms with van der Waals surface area (Å²) in [5.41, 5.74) is -0.438. The van der Waals surface area contributed by atoms with Gasteiger partial charge in [0.15, 0.2) is 0 Å². The molecular formula is C24H51ClO6. The number of ketones is 1. The second-order valence-electron chi connectivity index (χ2n) is 9.25. The van der Waals surface area contributed by atoms with E-state index < -0.39 is 5.60 Å². The molecule has 31 heavy (non-hydrogen) atoms. The summed E-state index contributed by atoms with van der Waals surface area (Å²) in [7, 11) is 3.10. The van der Waals surface area contributed by atoms with Crippen LogP contribution in [-0.2, 0) is 28.6 Å². The number of halogens is 1. The van der Waals surface area contributed by atoms with Gasteiger partial charge in [-0.15, -0.1) is 12.4 Å². The molecule has 190 valence electrons. The molecule has 0 unspecified atom stereocenters. The topological polar surface area (TPSA) is 78.9 Å². The van der Waals surface area contributed by atoms with Gasteiger partial charge in [-0.1, -0.05) is 48.5 Å². The van der Waals surface area contributed by atoms with Gasteiger partial charge in [0.05, 0.1) is 24.5 Å². The number of hydrogen-bond acceptors (Lipinski definition) is 6. The van der Waals surface area contributed by atoms with E-state index >= 15 is 0 Å². The molecule has 0 aliphatic rings. The number of methoxy groups -OCH3 is 2. The number of hydrogen-bond donors (Lipinski definition) is 0. The highest BCUT2D eigenvalue weighted by molar-refractivity contribution is 5.85. The standard InChI is InChI=1S/C12H22O3.C5H10O2.C5H12O.C2H6.ClH/c1-8(2)10(13)7-9(3)11(14)15-12(4,5)6;1-4(2)5(6)7-3;1-5(2,3)6-4;1-2;/h8-9H,7H2,1-6H3;4H,1-3H3;1-4H3;1-2H3;1H/t9-;;;;/m1..../s1. The molecule has 0 aromatic carbocycles. The van der Waals surface area contributed by atoms with Crippen molar-refractivity contribution < 1.29 is 28.6 Å². The van der Waals surface area contributed by atoms with E-state index in [1.54, 1.807) is 27.9 Å². The molecule has 0 heterocycles. The third-order valence-corrected chi connectivity index (χ3v) is 3.25. The van der Waals surface area contributed by atoms with E-state index in [2.05, 4.69) is 4.74 Å². The highest BCUT2D eigenvalue weighted by Gasteiger charge is 2.24. The molecular weight excluding hydrogens is 420 g/mol. The monoisotopic (exact) mass is 470 g/mol. The van der Waals surface area contributed by atoms with E-state index in [4.69, 9.17) is 9.47 Å². The lowest BCUT2D eigenvalue weighted by atomic mass is 9.98. The van der Waals surface area contributed by atoms with Gasteiger partial charge in [-0.2, -0.15) is 0 Å². The molecule has 0 fully saturated rings. The van der Waals surface area contributed by atoms with Crippen molar-refractivity contribution in [1.29, 1.82) is 0 Å². The Bertz CT molecular complexity index is 460. The highest BCUT2D eigenvalue weighted by Crippen LogP contribution is 2.15. The second kappa shape index (κ2) is 20.7. The van der Waals surface area contributed by atoms with Gasteiger partial charge in [0, 0.05) is 19.4 Å². The molecule has 1 atom stereocenters. The molecule has 0 N–H and O–H groups in total. The fraction of sp³-hybridized carbons (Fsp3) is 0.875. The smallest absolute Gasteiger partial charge is 0.309 e. The Morgan fingerprint density at radius 2 is 1.06 bits per heavy atom. The number of esters is 2. The Labute approximate surface area is 198 Å². The van der Waals surface area contributed by atoms with Gasteiger partial charge in [0.2, 0.25) is 0 Å². The average Bonchev–Trinajstić information content (AvgIpc) is 2.61. The first-order chi connectivity index (χ1) is 13.4. The zero-order chi connectivity index (χ0) is 25.3. The lowest BCUT2D eigenvalue weighted by Crippen LogP contribution is -2.29. The third kappa shape index (κ3) is 33.7. The summed E-state index contributed by atoms with van der Waals surface area (Å²) in [6.07, 6.45) is 0.270. The maximum Gasteiger partial charge on any atom is 0.309 e. The molecule has 0 aliphatic heterocycles. The van der Waals surface area contributed by atoms with Crippen molar-refractivity contribution in [2.45, 2.75) is 108 Å². The van der Waals surface area contributed by atoms with Crippen molar-refractivity contribution >= 4 is 30.1 Å². The SMILES string of the molecule is CC.CC(C)C(=O)C[C@@H](C)C(=O)OC(C)(C)C.COC(=O)C(C)C.COC(C)(C)C.Cl. The van der Waals surface area contributed by atoms with Crippen LogP contribution in [0.2, 0.25) is 0 Å². The van der Waals surface area contributed by atoms with Crippen LogP contribution in [0.3, 0.4) is 0 Å². The molecule has 0 bridgehead atoms. The Hall–Kier alpha value is -1.14. The molecule has 0 radical (unpaired) electrons. The number of carbonyl (C=O) groups excluding carboxylic acids is 3. The first-order valence-electron chi connectivity index (χ1n) is 10.8. The zero-order valence-electron chi connectivity index (χ0n) is 22.8. The second-order valence-corrected chi connectivity index (χ2v) is 9.25. The van der Waals surface area contributed by atoms with Crippen molar-refractivity contribution in [1.82, 2.24) is 0 Å². The van der Waals surface area contributed by atoms with Gasteiger partial charge >= 0.3 is 11.9 Å². The number of Topliss-reactive ketones (excluding diaryl/α,β-unsaturated/α-hetero) is 1. The van der Waals surface area contributed by atoms with Gasteiger partial charge in [-0.3, -0.25) is 14.4 Å². The molecule has 7 heteroatoms. The largest absolute Gasteiger partial charge is 0.469 e. The van der Waals surface area contributed by atoms with Crippen LogP contribution < -0.4 is 0 Å². The zero-order valence-corrected chi connectivity index (χ0v) is 23.6. The average molecular weight is 471 g/mol. The summed E-state index contributed by atoms with van der Waals surface area (Å²) >= 11 is 0. The van der Waals surface area contributed by atoms with Crippen LogP contribution in [0.1, 0.15) is 96.4 Å². The third-order valence-electron chi connectivity index (χ3n) is 3.25. The normalized spacial score (nSPS) is 11.3. The van der Waals surface area contributed by atoms with Gasteiger partial charge in [0.1, 0.15) is 11.4 Å². The van der Waals surface area contributed by atoms with E-state index in [1.807, 2.05) is 69.2 Å². The van der Waals surface area contributed by atoms with Crippen molar-refractivity contribution in [2.75, 3.05) is 14.2 Å². The van der Waals surface area contributed by atoms with E-state index in [9.17, 15) is 14.4 Å². The van der Waals surface area contributed by atoms with Crippen LogP contribution in [0.25, 0.3) is 0 Å². The van der Waals surface area contributed by atoms with Crippen LogP contribution in [0.4, 0.5) is 0 Å². The first kappa shape index (κ1) is 40.2. The quantitative estimate of drug-likeness (QED) is 0.440. The van der Waals surface area contributed by atoms with Crippen LogP contribution in [0.15, 0.2) is 0 Å². The van der Waals surface area contributed by atoms with E-state index in [0.717, 1.165) is 0 Å². The van der Waals surface area contributed by atoms with E-state index in [1.165, 1.54) is 7.11 Å². The van der Waals surface area contributed by atoms with Gasteiger partial charge in [-0.25, -0.2) is 0 Å². The molecule has 0 rings (SSSR count). The summed E-state index contributed by atoms with van der Waals surface area (Å²) in [4.78, 5) is 33.2. The van der Waals surface area contributed by atoms with Crippen LogP contribution in [0.5, 0.6) is 0 Å². The van der Waals surface area contributed by atoms with Crippen molar-refractivity contribution in [2.24, 2.45) is 17.8 Å². The molecule has 0 saturated carbocycles. The summed E-state index contributed by atoms with van der Waals surface area (Å²) in [5.74, 6) is -0.705. The predicted molar refractivity (Wildman–Crippen MR) is 132 cm³/mol. The minimum atomic E-state index is -0.480. The van der Waals surface area contributed by atoms with Gasteiger partial charge in [-0.05, 0) is 41.5 Å². The minimum absolute atomic E-state index is 0. The fourth-order valence-electron chi connectivity index (χ4n) is 1.26. The summed E-state index contributed by atoms with van der Waals surface area (Å²) in [6.45, 7) is 24.5.